The molecular formula is C11H16F3N3O2. The van der Waals surface area contributed by atoms with Gasteiger partial charge in [-0.15, -0.1) is 0 Å². The second-order valence-electron chi connectivity index (χ2n) is 4.24. The Morgan fingerprint density at radius 3 is 3.05 bits per heavy atom. The first kappa shape index (κ1) is 14.3. The molecule has 5 nitrogen and oxygen atoms in total. The minimum atomic E-state index is -4.28. The summed E-state index contributed by atoms with van der Waals surface area (Å²) in [7, 11) is 0. The van der Waals surface area contributed by atoms with E-state index in [9.17, 15) is 13.2 Å². The predicted octanol–water partition coefficient (Wildman–Crippen LogP) is 1.12. The van der Waals surface area contributed by atoms with Gasteiger partial charge >= 0.3 is 6.18 Å². The van der Waals surface area contributed by atoms with Gasteiger partial charge in [-0.3, -0.25) is 0 Å². The smallest absolute Gasteiger partial charge is 0.370 e. The summed E-state index contributed by atoms with van der Waals surface area (Å²) in [5.74, 6) is 0. The zero-order valence-electron chi connectivity index (χ0n) is 10.3. The zero-order chi connectivity index (χ0) is 13.7. The van der Waals surface area contributed by atoms with Crippen molar-refractivity contribution in [2.45, 2.75) is 18.8 Å². The van der Waals surface area contributed by atoms with Crippen LogP contribution in [0.4, 0.5) is 13.2 Å². The standard InChI is InChI=1S/C11H16F3N3O2/c12-11(13,14)7-18-4-2-17-8-16-5-9(17)10-6-15-1-3-19-10/h5,8,10,15H,1-4,6-7H2. The lowest BCUT2D eigenvalue weighted by Gasteiger charge is -2.24. The maximum atomic E-state index is 11.9. The number of rotatable bonds is 5. The molecule has 108 valence electrons. The van der Waals surface area contributed by atoms with Gasteiger partial charge in [0, 0.05) is 19.6 Å². The van der Waals surface area contributed by atoms with E-state index in [4.69, 9.17) is 4.74 Å². The monoisotopic (exact) mass is 279 g/mol. The Hall–Kier alpha value is -1.12. The maximum absolute atomic E-state index is 11.9. The summed E-state index contributed by atoms with van der Waals surface area (Å²) in [5, 5.41) is 3.19. The molecule has 1 unspecified atom stereocenters. The van der Waals surface area contributed by atoms with E-state index in [2.05, 4.69) is 15.0 Å². The van der Waals surface area contributed by atoms with Crippen LogP contribution in [0.25, 0.3) is 0 Å². The van der Waals surface area contributed by atoms with Gasteiger partial charge in [-0.25, -0.2) is 4.98 Å². The van der Waals surface area contributed by atoms with Crippen molar-refractivity contribution in [3.63, 3.8) is 0 Å². The molecular weight excluding hydrogens is 263 g/mol. The van der Waals surface area contributed by atoms with Crippen LogP contribution in [-0.2, 0) is 16.0 Å². The quantitative estimate of drug-likeness (QED) is 0.821. The van der Waals surface area contributed by atoms with Gasteiger partial charge in [-0.1, -0.05) is 0 Å². The number of nitrogens with zero attached hydrogens (tertiary/aromatic N) is 2. The van der Waals surface area contributed by atoms with Gasteiger partial charge in [0.2, 0.25) is 0 Å². The average Bonchev–Trinajstić information content (AvgIpc) is 2.83. The van der Waals surface area contributed by atoms with Crippen molar-refractivity contribution in [3.05, 3.63) is 18.2 Å². The molecule has 0 amide bonds. The first-order valence-corrected chi connectivity index (χ1v) is 6.03. The van der Waals surface area contributed by atoms with E-state index >= 15 is 0 Å². The third kappa shape index (κ3) is 4.48. The first-order valence-electron chi connectivity index (χ1n) is 6.03. The molecule has 1 saturated heterocycles. The lowest BCUT2D eigenvalue weighted by atomic mass is 10.2. The van der Waals surface area contributed by atoms with Crippen molar-refractivity contribution in [3.8, 4) is 0 Å². The highest BCUT2D eigenvalue weighted by molar-refractivity contribution is 5.04. The van der Waals surface area contributed by atoms with Crippen LogP contribution in [0.1, 0.15) is 11.8 Å². The normalized spacial score (nSPS) is 20.7. The van der Waals surface area contributed by atoms with Gasteiger partial charge in [0.05, 0.1) is 31.4 Å². The van der Waals surface area contributed by atoms with Crippen molar-refractivity contribution in [1.29, 1.82) is 0 Å². The van der Waals surface area contributed by atoms with Crippen LogP contribution in [0, 0.1) is 0 Å². The number of aromatic nitrogens is 2. The van der Waals surface area contributed by atoms with Gasteiger partial charge in [0.1, 0.15) is 12.7 Å². The third-order valence-corrected chi connectivity index (χ3v) is 2.74. The summed E-state index contributed by atoms with van der Waals surface area (Å²) in [6.07, 6.45) is -1.15. The summed E-state index contributed by atoms with van der Waals surface area (Å²) in [5.41, 5.74) is 0.850. The van der Waals surface area contributed by atoms with E-state index < -0.39 is 12.8 Å². The zero-order valence-corrected chi connectivity index (χ0v) is 10.3. The number of hydrogen-bond acceptors (Lipinski definition) is 4. The SMILES string of the molecule is FC(F)(F)COCCn1cncc1C1CNCCO1. The summed E-state index contributed by atoms with van der Waals surface area (Å²) < 4.78 is 47.7. The van der Waals surface area contributed by atoms with Gasteiger partial charge in [-0.05, 0) is 0 Å². The molecule has 1 aliphatic heterocycles. The highest BCUT2D eigenvalue weighted by Gasteiger charge is 2.27. The van der Waals surface area contributed by atoms with Crippen LogP contribution in [-0.4, -0.2) is 48.6 Å². The van der Waals surface area contributed by atoms with Gasteiger partial charge < -0.3 is 19.4 Å². The Bertz CT molecular complexity index is 389. The lowest BCUT2D eigenvalue weighted by molar-refractivity contribution is -0.174. The Labute approximate surface area is 108 Å². The maximum Gasteiger partial charge on any atom is 0.411 e. The fourth-order valence-corrected chi connectivity index (χ4v) is 1.89. The molecule has 0 bridgehead atoms. The molecule has 8 heteroatoms. The largest absolute Gasteiger partial charge is 0.411 e. The second-order valence-corrected chi connectivity index (χ2v) is 4.24. The highest BCUT2D eigenvalue weighted by atomic mass is 19.4. The topological polar surface area (TPSA) is 48.3 Å². The minimum absolute atomic E-state index is 0.0109. The third-order valence-electron chi connectivity index (χ3n) is 2.74. The molecule has 1 fully saturated rings. The Morgan fingerprint density at radius 1 is 1.53 bits per heavy atom. The Balaban J connectivity index is 1.82. The van der Waals surface area contributed by atoms with Gasteiger partial charge in [0.15, 0.2) is 0 Å². The number of halogens is 3. The summed E-state index contributed by atoms with van der Waals surface area (Å²) >= 11 is 0. The van der Waals surface area contributed by atoms with Crippen molar-refractivity contribution in [2.24, 2.45) is 0 Å². The van der Waals surface area contributed by atoms with E-state index in [1.165, 1.54) is 0 Å². The molecule has 2 rings (SSSR count). The van der Waals surface area contributed by atoms with Crippen molar-refractivity contribution in [2.75, 3.05) is 32.9 Å². The second kappa shape index (κ2) is 6.36. The van der Waals surface area contributed by atoms with Crippen LogP contribution < -0.4 is 5.32 Å². The molecule has 1 atom stereocenters. The Kier molecular flexibility index (Phi) is 4.78. The Morgan fingerprint density at radius 2 is 2.37 bits per heavy atom. The van der Waals surface area contributed by atoms with Crippen LogP contribution in [0.2, 0.25) is 0 Å². The van der Waals surface area contributed by atoms with Crippen LogP contribution in [0.5, 0.6) is 0 Å². The van der Waals surface area contributed by atoms with E-state index in [-0.39, 0.29) is 12.7 Å². The van der Waals surface area contributed by atoms with Crippen LogP contribution in [0.15, 0.2) is 12.5 Å². The number of hydrogen-bond donors (Lipinski definition) is 1. The predicted molar refractivity (Wildman–Crippen MR) is 60.7 cm³/mol. The molecule has 0 radical (unpaired) electrons. The fourth-order valence-electron chi connectivity index (χ4n) is 1.89. The molecule has 0 aliphatic carbocycles. The first-order chi connectivity index (χ1) is 9.06. The molecule has 0 aromatic carbocycles. The molecule has 19 heavy (non-hydrogen) atoms. The van der Waals surface area contributed by atoms with Crippen molar-refractivity contribution >= 4 is 0 Å². The van der Waals surface area contributed by atoms with E-state index in [1.807, 2.05) is 0 Å². The van der Waals surface area contributed by atoms with Crippen molar-refractivity contribution < 1.29 is 22.6 Å². The number of imidazole rings is 1. The van der Waals surface area contributed by atoms with Gasteiger partial charge in [0.25, 0.3) is 0 Å². The number of alkyl halides is 3. The summed E-state index contributed by atoms with van der Waals surface area (Å²) in [6, 6.07) is 0. The number of morpholine rings is 1. The average molecular weight is 279 g/mol. The molecule has 1 aromatic heterocycles. The van der Waals surface area contributed by atoms with E-state index in [1.54, 1.807) is 17.1 Å². The number of ether oxygens (including phenoxy) is 2. The number of nitrogens with one attached hydrogen (secondary N) is 1. The highest BCUT2D eigenvalue weighted by Crippen LogP contribution is 2.18. The van der Waals surface area contributed by atoms with E-state index in [0.29, 0.717) is 19.7 Å². The van der Waals surface area contributed by atoms with Gasteiger partial charge in [-0.2, -0.15) is 13.2 Å². The molecule has 2 heterocycles. The lowest BCUT2D eigenvalue weighted by Crippen LogP contribution is -2.34. The molecule has 0 spiro atoms. The molecule has 0 saturated carbocycles. The molecule has 1 aliphatic rings. The molecule has 1 aromatic rings. The minimum Gasteiger partial charge on any atom is -0.370 e. The van der Waals surface area contributed by atoms with Crippen LogP contribution in [0.3, 0.4) is 0 Å². The summed E-state index contributed by atoms with van der Waals surface area (Å²) in [4.78, 5) is 4.00. The van der Waals surface area contributed by atoms with E-state index in [0.717, 1.165) is 12.2 Å². The molecule has 1 N–H and O–H groups in total. The van der Waals surface area contributed by atoms with Crippen LogP contribution >= 0.6 is 0 Å². The fraction of sp³-hybridized carbons (Fsp3) is 0.727. The summed E-state index contributed by atoms with van der Waals surface area (Å²) in [6.45, 7) is 1.18. The van der Waals surface area contributed by atoms with Crippen molar-refractivity contribution in [1.82, 2.24) is 14.9 Å².